The van der Waals surface area contributed by atoms with E-state index in [1.165, 1.54) is 36.4 Å². The molecular formula is C22H14N4O5. The Morgan fingerprint density at radius 3 is 2.10 bits per heavy atom. The average molecular weight is 414 g/mol. The van der Waals surface area contributed by atoms with Gasteiger partial charge in [0.15, 0.2) is 0 Å². The Hall–Kier alpha value is -4.66. The molecular weight excluding hydrogens is 400 g/mol. The first kappa shape index (κ1) is 19.6. The highest BCUT2D eigenvalue weighted by Crippen LogP contribution is 2.30. The number of carbonyl (C=O) groups is 1. The van der Waals surface area contributed by atoms with E-state index >= 15 is 0 Å². The maximum Gasteiger partial charge on any atom is 0.281 e. The highest BCUT2D eigenvalue weighted by atomic mass is 16.6. The number of nitro groups is 2. The molecule has 0 unspecified atom stereocenters. The number of hydrogen-bond donors (Lipinski definition) is 0. The summed E-state index contributed by atoms with van der Waals surface area (Å²) in [5.41, 5.74) is 1.55. The van der Waals surface area contributed by atoms with E-state index in [0.717, 1.165) is 5.01 Å². The van der Waals surface area contributed by atoms with E-state index < -0.39 is 15.8 Å². The van der Waals surface area contributed by atoms with Crippen molar-refractivity contribution >= 4 is 34.8 Å². The largest absolute Gasteiger partial charge is 0.281 e. The van der Waals surface area contributed by atoms with Crippen LogP contribution in [0.3, 0.4) is 0 Å². The van der Waals surface area contributed by atoms with Gasteiger partial charge in [0.05, 0.1) is 26.7 Å². The van der Waals surface area contributed by atoms with Crippen LogP contribution in [0.4, 0.5) is 17.1 Å². The summed E-state index contributed by atoms with van der Waals surface area (Å²) in [7, 11) is 0. The molecule has 4 rings (SSSR count). The van der Waals surface area contributed by atoms with Crippen LogP contribution in [0.25, 0.3) is 6.08 Å². The standard InChI is InChI=1S/C22H14N4O5/c27-22-19(14-16-8-4-5-9-20(16)26(30)31)21(15-6-2-1-3-7-15)23-24(22)17-10-12-18(13-11-17)25(28)29/h1-14H/b19-14-. The highest BCUT2D eigenvalue weighted by Gasteiger charge is 2.33. The van der Waals surface area contributed by atoms with Gasteiger partial charge in [-0.1, -0.05) is 42.5 Å². The number of nitrogens with zero attached hydrogens (tertiary/aromatic N) is 4. The molecule has 0 aliphatic carbocycles. The zero-order valence-corrected chi connectivity index (χ0v) is 15.9. The number of hydrogen-bond acceptors (Lipinski definition) is 6. The van der Waals surface area contributed by atoms with Crippen LogP contribution in [0.5, 0.6) is 0 Å². The molecule has 0 fully saturated rings. The molecule has 0 aromatic heterocycles. The lowest BCUT2D eigenvalue weighted by Crippen LogP contribution is -2.21. The molecule has 0 spiro atoms. The third kappa shape index (κ3) is 3.79. The Bertz CT molecular complexity index is 1250. The van der Waals surface area contributed by atoms with Gasteiger partial charge in [-0.25, -0.2) is 0 Å². The van der Waals surface area contributed by atoms with E-state index in [-0.39, 0.29) is 22.5 Å². The molecule has 0 bridgehead atoms. The molecule has 1 amide bonds. The third-order valence-corrected chi connectivity index (χ3v) is 4.66. The molecule has 1 aliphatic heterocycles. The number of hydrazone groups is 1. The second-order valence-electron chi connectivity index (χ2n) is 6.58. The van der Waals surface area contributed by atoms with Crippen molar-refractivity contribution in [3.05, 3.63) is 116 Å². The number of rotatable bonds is 5. The molecule has 31 heavy (non-hydrogen) atoms. The molecule has 1 heterocycles. The zero-order chi connectivity index (χ0) is 22.0. The molecule has 3 aromatic rings. The fourth-order valence-corrected chi connectivity index (χ4v) is 3.18. The van der Waals surface area contributed by atoms with Crippen molar-refractivity contribution in [3.63, 3.8) is 0 Å². The van der Waals surface area contributed by atoms with Crippen LogP contribution >= 0.6 is 0 Å². The van der Waals surface area contributed by atoms with Gasteiger partial charge < -0.3 is 0 Å². The predicted octanol–water partition coefficient (Wildman–Crippen LogP) is 4.34. The summed E-state index contributed by atoms with van der Waals surface area (Å²) < 4.78 is 0. The van der Waals surface area contributed by atoms with Crippen LogP contribution in [0.2, 0.25) is 0 Å². The van der Waals surface area contributed by atoms with Crippen molar-refractivity contribution in [2.45, 2.75) is 0 Å². The van der Waals surface area contributed by atoms with Gasteiger partial charge in [-0.3, -0.25) is 25.0 Å². The lowest BCUT2D eigenvalue weighted by atomic mass is 9.99. The van der Waals surface area contributed by atoms with Gasteiger partial charge in [0.25, 0.3) is 17.3 Å². The number of non-ortho nitro benzene ring substituents is 1. The van der Waals surface area contributed by atoms with Crippen molar-refractivity contribution in [2.24, 2.45) is 5.10 Å². The van der Waals surface area contributed by atoms with Gasteiger partial charge in [0, 0.05) is 23.8 Å². The molecule has 1 aliphatic rings. The highest BCUT2D eigenvalue weighted by molar-refractivity contribution is 6.37. The van der Waals surface area contributed by atoms with Gasteiger partial charge >= 0.3 is 0 Å². The van der Waals surface area contributed by atoms with E-state index in [2.05, 4.69) is 5.10 Å². The van der Waals surface area contributed by atoms with Gasteiger partial charge in [-0.2, -0.15) is 10.1 Å². The van der Waals surface area contributed by atoms with Gasteiger partial charge in [0.2, 0.25) is 0 Å². The predicted molar refractivity (Wildman–Crippen MR) is 115 cm³/mol. The lowest BCUT2D eigenvalue weighted by Gasteiger charge is -2.11. The number of carbonyl (C=O) groups excluding carboxylic acids is 1. The van der Waals surface area contributed by atoms with E-state index in [4.69, 9.17) is 0 Å². The lowest BCUT2D eigenvalue weighted by molar-refractivity contribution is -0.385. The van der Waals surface area contributed by atoms with Crippen LogP contribution in [0.1, 0.15) is 11.1 Å². The fraction of sp³-hybridized carbons (Fsp3) is 0. The monoisotopic (exact) mass is 414 g/mol. The fourth-order valence-electron chi connectivity index (χ4n) is 3.18. The average Bonchev–Trinajstić information content (AvgIpc) is 3.11. The van der Waals surface area contributed by atoms with E-state index in [0.29, 0.717) is 17.0 Å². The number of benzene rings is 3. The van der Waals surface area contributed by atoms with Crippen LogP contribution < -0.4 is 5.01 Å². The molecule has 0 saturated heterocycles. The summed E-state index contributed by atoms with van der Waals surface area (Å²) in [4.78, 5) is 34.5. The normalized spacial score (nSPS) is 14.6. The van der Waals surface area contributed by atoms with E-state index in [9.17, 15) is 25.0 Å². The molecule has 152 valence electrons. The Kier molecular flexibility index (Phi) is 5.07. The maximum atomic E-state index is 13.2. The summed E-state index contributed by atoms with van der Waals surface area (Å²) >= 11 is 0. The van der Waals surface area contributed by atoms with Crippen molar-refractivity contribution < 1.29 is 14.6 Å². The maximum absolute atomic E-state index is 13.2. The second-order valence-corrected chi connectivity index (χ2v) is 6.58. The third-order valence-electron chi connectivity index (χ3n) is 4.66. The Morgan fingerprint density at radius 1 is 0.806 bits per heavy atom. The van der Waals surface area contributed by atoms with Crippen molar-refractivity contribution in [3.8, 4) is 0 Å². The second kappa shape index (κ2) is 7.99. The van der Waals surface area contributed by atoms with Crippen LogP contribution in [-0.4, -0.2) is 21.5 Å². The Balaban J connectivity index is 1.83. The summed E-state index contributed by atoms with van der Waals surface area (Å²) in [6.07, 6.45) is 1.44. The van der Waals surface area contributed by atoms with Crippen molar-refractivity contribution in [1.82, 2.24) is 0 Å². The minimum Gasteiger partial charge on any atom is -0.267 e. The van der Waals surface area contributed by atoms with Crippen molar-refractivity contribution in [1.29, 1.82) is 0 Å². The van der Waals surface area contributed by atoms with Gasteiger partial charge in [0.1, 0.15) is 5.71 Å². The Labute approximate surface area is 175 Å². The first-order valence-electron chi connectivity index (χ1n) is 9.14. The van der Waals surface area contributed by atoms with Gasteiger partial charge in [-0.15, -0.1) is 0 Å². The first-order valence-corrected chi connectivity index (χ1v) is 9.14. The molecule has 0 radical (unpaired) electrons. The van der Waals surface area contributed by atoms with Crippen molar-refractivity contribution in [2.75, 3.05) is 5.01 Å². The summed E-state index contributed by atoms with van der Waals surface area (Å²) in [5, 5.41) is 27.9. The molecule has 9 nitrogen and oxygen atoms in total. The topological polar surface area (TPSA) is 119 Å². The molecule has 0 atom stereocenters. The number of nitro benzene ring substituents is 2. The van der Waals surface area contributed by atoms with E-state index in [1.807, 2.05) is 6.07 Å². The summed E-state index contributed by atoms with van der Waals surface area (Å²) in [5.74, 6) is -0.495. The SMILES string of the molecule is O=C1/C(=C\c2ccccc2[N+](=O)[O-])C(c2ccccc2)=NN1c1ccc([N+](=O)[O-])cc1. The van der Waals surface area contributed by atoms with Crippen LogP contribution in [0.15, 0.2) is 89.5 Å². The quantitative estimate of drug-likeness (QED) is 0.349. The zero-order valence-electron chi connectivity index (χ0n) is 15.9. The molecule has 0 saturated carbocycles. The number of anilines is 1. The first-order chi connectivity index (χ1) is 15.0. The summed E-state index contributed by atoms with van der Waals surface area (Å²) in [6.45, 7) is 0. The molecule has 3 aromatic carbocycles. The molecule has 0 N–H and O–H groups in total. The number of para-hydroxylation sites is 1. The van der Waals surface area contributed by atoms with Crippen LogP contribution in [-0.2, 0) is 4.79 Å². The molecule has 9 heteroatoms. The minimum atomic E-state index is -0.534. The minimum absolute atomic E-state index is 0.113. The summed E-state index contributed by atoms with van der Waals surface area (Å²) in [6, 6.07) is 20.5. The van der Waals surface area contributed by atoms with Crippen LogP contribution in [0, 0.1) is 20.2 Å². The number of amides is 1. The van der Waals surface area contributed by atoms with E-state index in [1.54, 1.807) is 42.5 Å². The smallest absolute Gasteiger partial charge is 0.267 e. The van der Waals surface area contributed by atoms with Gasteiger partial charge in [-0.05, 0) is 24.3 Å². The Morgan fingerprint density at radius 2 is 1.45 bits per heavy atom.